The third-order valence-electron chi connectivity index (χ3n) is 4.47. The molecule has 1 heterocycles. The molecule has 0 bridgehead atoms. The lowest BCUT2D eigenvalue weighted by Crippen LogP contribution is -2.37. The Bertz CT molecular complexity index is 820. The molecule has 0 fully saturated rings. The molecule has 7 heteroatoms. The number of aromatic nitrogens is 1. The minimum absolute atomic E-state index is 0. The second-order valence-electron chi connectivity index (χ2n) is 9.14. The third kappa shape index (κ3) is 6.89. The molecule has 1 aromatic carbocycles. The van der Waals surface area contributed by atoms with Crippen molar-refractivity contribution in [3.63, 3.8) is 0 Å². The normalized spacial score (nSPS) is 12.6. The topological polar surface area (TPSA) is 45.2 Å². The first-order valence-electron chi connectivity index (χ1n) is 9.33. The third-order valence-corrected chi connectivity index (χ3v) is 4.47. The van der Waals surface area contributed by atoms with Crippen molar-refractivity contribution in [3.8, 4) is 16.9 Å². The van der Waals surface area contributed by atoms with Crippen LogP contribution >= 0.6 is 12.4 Å². The average Bonchev–Trinajstić information content (AvgIpc) is 2.53. The zero-order valence-electron chi connectivity index (χ0n) is 17.7. The first-order chi connectivity index (χ1) is 12.7. The van der Waals surface area contributed by atoms with Gasteiger partial charge >= 0.3 is 6.18 Å². The number of phenolic OH excluding ortho intramolecular Hbond substituents is 1. The summed E-state index contributed by atoms with van der Waals surface area (Å²) in [7, 11) is 0. The molecule has 0 spiro atoms. The molecule has 0 amide bonds. The van der Waals surface area contributed by atoms with Gasteiger partial charge in [0.25, 0.3) is 0 Å². The number of aromatic hydroxyl groups is 1. The van der Waals surface area contributed by atoms with Gasteiger partial charge in [-0.25, -0.2) is 0 Å². The molecule has 0 saturated heterocycles. The summed E-state index contributed by atoms with van der Waals surface area (Å²) < 4.78 is 38.4. The fourth-order valence-corrected chi connectivity index (χ4v) is 2.83. The smallest absolute Gasteiger partial charge is 0.433 e. The average molecular weight is 431 g/mol. The van der Waals surface area contributed by atoms with Crippen LogP contribution in [0.4, 0.5) is 13.2 Å². The van der Waals surface area contributed by atoms with Crippen molar-refractivity contribution in [2.75, 3.05) is 6.54 Å². The fourth-order valence-electron chi connectivity index (χ4n) is 2.83. The van der Waals surface area contributed by atoms with Gasteiger partial charge in [-0.05, 0) is 62.4 Å². The van der Waals surface area contributed by atoms with Crippen LogP contribution in [0.1, 0.15) is 58.4 Å². The van der Waals surface area contributed by atoms with Crippen LogP contribution in [0.5, 0.6) is 5.75 Å². The largest absolute Gasteiger partial charge is 0.507 e. The summed E-state index contributed by atoms with van der Waals surface area (Å²) in [6.45, 7) is 13.1. The molecule has 0 saturated carbocycles. The van der Waals surface area contributed by atoms with Gasteiger partial charge in [0.05, 0.1) is 0 Å². The van der Waals surface area contributed by atoms with E-state index < -0.39 is 11.9 Å². The van der Waals surface area contributed by atoms with E-state index in [1.165, 1.54) is 12.3 Å². The predicted molar refractivity (Wildman–Crippen MR) is 114 cm³/mol. The first kappa shape index (κ1) is 25.2. The Hall–Kier alpha value is -1.79. The number of alkyl halides is 3. The summed E-state index contributed by atoms with van der Waals surface area (Å²) in [5.41, 5.74) is 1.56. The summed E-state index contributed by atoms with van der Waals surface area (Å²) in [5, 5.41) is 14.2. The van der Waals surface area contributed by atoms with Crippen LogP contribution in [0, 0.1) is 0 Å². The SMILES string of the molecule is CC(C)(C)NCCc1cc(C(C)(C)C)cc(-c2ccc(C(F)(F)F)nc2)c1O.Cl. The fraction of sp³-hybridized carbons (Fsp3) is 0.500. The second-order valence-corrected chi connectivity index (χ2v) is 9.14. The molecule has 1 aromatic heterocycles. The Morgan fingerprint density at radius 1 is 1.00 bits per heavy atom. The van der Waals surface area contributed by atoms with E-state index in [2.05, 4.69) is 51.8 Å². The Labute approximate surface area is 177 Å². The molecule has 2 rings (SSSR count). The standard InChI is InChI=1S/C22H29F3N2O.ClH/c1-20(2,3)16-11-14(9-10-27-21(4,5)6)19(28)17(12-16)15-7-8-18(26-13-15)22(23,24)25;/h7-8,11-13,27-28H,9-10H2,1-6H3;1H. The van der Waals surface area contributed by atoms with E-state index >= 15 is 0 Å². The van der Waals surface area contributed by atoms with Crippen LogP contribution in [-0.2, 0) is 18.0 Å². The minimum Gasteiger partial charge on any atom is -0.507 e. The molecular formula is C22H30ClF3N2O. The zero-order valence-corrected chi connectivity index (χ0v) is 18.6. The quantitative estimate of drug-likeness (QED) is 0.613. The maximum atomic E-state index is 12.8. The number of nitrogens with one attached hydrogen (secondary N) is 1. The van der Waals surface area contributed by atoms with Crippen molar-refractivity contribution in [1.82, 2.24) is 10.3 Å². The molecular weight excluding hydrogens is 401 g/mol. The first-order valence-corrected chi connectivity index (χ1v) is 9.33. The molecule has 0 atom stereocenters. The summed E-state index contributed by atoms with van der Waals surface area (Å²) >= 11 is 0. The molecule has 162 valence electrons. The van der Waals surface area contributed by atoms with E-state index in [0.717, 1.165) is 17.2 Å². The van der Waals surface area contributed by atoms with Crippen LogP contribution < -0.4 is 5.32 Å². The Morgan fingerprint density at radius 3 is 2.07 bits per heavy atom. The molecule has 3 nitrogen and oxygen atoms in total. The molecule has 0 aliphatic carbocycles. The van der Waals surface area contributed by atoms with Crippen LogP contribution in [0.2, 0.25) is 0 Å². The van der Waals surface area contributed by atoms with Gasteiger partial charge in [-0.3, -0.25) is 4.98 Å². The van der Waals surface area contributed by atoms with Gasteiger partial charge in [0.2, 0.25) is 0 Å². The summed E-state index contributed by atoms with van der Waals surface area (Å²) in [5.74, 6) is 0.0882. The lowest BCUT2D eigenvalue weighted by Gasteiger charge is -2.24. The van der Waals surface area contributed by atoms with E-state index in [9.17, 15) is 18.3 Å². The molecule has 29 heavy (non-hydrogen) atoms. The Morgan fingerprint density at radius 2 is 1.62 bits per heavy atom. The maximum absolute atomic E-state index is 12.8. The summed E-state index contributed by atoms with van der Waals surface area (Å²) in [6, 6.07) is 6.11. The van der Waals surface area contributed by atoms with Crippen molar-refractivity contribution in [3.05, 3.63) is 47.3 Å². The number of phenols is 1. The number of rotatable bonds is 4. The van der Waals surface area contributed by atoms with Gasteiger partial charge in [-0.1, -0.05) is 32.9 Å². The number of hydrogen-bond acceptors (Lipinski definition) is 3. The number of nitrogens with zero attached hydrogens (tertiary/aromatic N) is 1. The summed E-state index contributed by atoms with van der Waals surface area (Å²) in [6.07, 6.45) is -2.72. The number of hydrogen-bond donors (Lipinski definition) is 2. The van der Waals surface area contributed by atoms with Gasteiger partial charge in [0.1, 0.15) is 11.4 Å². The second kappa shape index (κ2) is 8.92. The molecule has 2 aromatic rings. The Balaban J connectivity index is 0.00000420. The molecule has 0 aliphatic rings. The van der Waals surface area contributed by atoms with Crippen LogP contribution in [0.3, 0.4) is 0 Å². The van der Waals surface area contributed by atoms with Crippen LogP contribution in [0.25, 0.3) is 11.1 Å². The summed E-state index contributed by atoms with van der Waals surface area (Å²) in [4.78, 5) is 3.53. The van der Waals surface area contributed by atoms with Crippen molar-refractivity contribution in [2.45, 2.75) is 65.1 Å². The van der Waals surface area contributed by atoms with E-state index in [1.54, 1.807) is 0 Å². The highest BCUT2D eigenvalue weighted by Crippen LogP contribution is 2.38. The highest BCUT2D eigenvalue weighted by molar-refractivity contribution is 5.85. The predicted octanol–water partition coefficient (Wildman–Crippen LogP) is 6.12. The van der Waals surface area contributed by atoms with Gasteiger partial charge in [-0.2, -0.15) is 13.2 Å². The molecule has 0 unspecified atom stereocenters. The lowest BCUT2D eigenvalue weighted by molar-refractivity contribution is -0.141. The monoisotopic (exact) mass is 430 g/mol. The minimum atomic E-state index is -4.49. The van der Waals surface area contributed by atoms with E-state index in [1.807, 2.05) is 12.1 Å². The van der Waals surface area contributed by atoms with Crippen molar-refractivity contribution < 1.29 is 18.3 Å². The number of benzene rings is 1. The van der Waals surface area contributed by atoms with E-state index in [0.29, 0.717) is 24.1 Å². The van der Waals surface area contributed by atoms with Crippen LogP contribution in [0.15, 0.2) is 30.5 Å². The molecule has 2 N–H and O–H groups in total. The van der Waals surface area contributed by atoms with E-state index in [-0.39, 0.29) is 29.1 Å². The number of halogens is 4. The highest BCUT2D eigenvalue weighted by Gasteiger charge is 2.32. The van der Waals surface area contributed by atoms with Gasteiger partial charge < -0.3 is 10.4 Å². The van der Waals surface area contributed by atoms with Crippen molar-refractivity contribution in [2.24, 2.45) is 0 Å². The molecule has 0 aliphatic heterocycles. The van der Waals surface area contributed by atoms with Crippen molar-refractivity contribution in [1.29, 1.82) is 0 Å². The maximum Gasteiger partial charge on any atom is 0.433 e. The molecule has 0 radical (unpaired) electrons. The van der Waals surface area contributed by atoms with E-state index in [4.69, 9.17) is 0 Å². The van der Waals surface area contributed by atoms with Gasteiger partial charge in [0.15, 0.2) is 0 Å². The van der Waals surface area contributed by atoms with Gasteiger partial charge in [-0.15, -0.1) is 12.4 Å². The van der Waals surface area contributed by atoms with Gasteiger partial charge in [0, 0.05) is 22.9 Å². The highest BCUT2D eigenvalue weighted by atomic mass is 35.5. The van der Waals surface area contributed by atoms with Crippen LogP contribution in [-0.4, -0.2) is 22.2 Å². The number of pyridine rings is 1. The lowest BCUT2D eigenvalue weighted by atomic mass is 9.83. The van der Waals surface area contributed by atoms with Crippen molar-refractivity contribution >= 4 is 12.4 Å². The Kier molecular flexibility index (Phi) is 7.77. The zero-order chi connectivity index (χ0) is 21.3.